The summed E-state index contributed by atoms with van der Waals surface area (Å²) < 4.78 is 18.7. The molecule has 0 bridgehead atoms. The van der Waals surface area contributed by atoms with Crippen molar-refractivity contribution in [2.75, 3.05) is 0 Å². The van der Waals surface area contributed by atoms with E-state index in [1.54, 1.807) is 18.2 Å². The number of fused-ring (bicyclic) bond motifs is 1. The zero-order valence-electron chi connectivity index (χ0n) is 11.5. The van der Waals surface area contributed by atoms with Crippen molar-refractivity contribution in [3.63, 3.8) is 0 Å². The van der Waals surface area contributed by atoms with E-state index in [4.69, 9.17) is 4.74 Å². The molecule has 0 fully saturated rings. The van der Waals surface area contributed by atoms with E-state index in [9.17, 15) is 9.18 Å². The van der Waals surface area contributed by atoms with Crippen molar-refractivity contribution in [2.45, 2.75) is 25.6 Å². The predicted octanol–water partition coefficient (Wildman–Crippen LogP) is 2.58. The zero-order valence-corrected chi connectivity index (χ0v) is 11.5. The first-order chi connectivity index (χ1) is 10.2. The first kappa shape index (κ1) is 13.8. The molecule has 2 aromatic rings. The molecule has 1 aliphatic rings. The van der Waals surface area contributed by atoms with Gasteiger partial charge in [0, 0.05) is 12.1 Å². The van der Waals surface area contributed by atoms with Crippen LogP contribution in [0.1, 0.15) is 16.7 Å². The molecule has 3 nitrogen and oxygen atoms in total. The average Bonchev–Trinajstić information content (AvgIpc) is 2.53. The van der Waals surface area contributed by atoms with E-state index in [1.165, 1.54) is 11.6 Å². The first-order valence-corrected chi connectivity index (χ1v) is 6.94. The molecule has 21 heavy (non-hydrogen) atoms. The van der Waals surface area contributed by atoms with Crippen LogP contribution in [0.4, 0.5) is 4.39 Å². The summed E-state index contributed by atoms with van der Waals surface area (Å²) >= 11 is 0. The minimum absolute atomic E-state index is 0.0364. The van der Waals surface area contributed by atoms with E-state index in [-0.39, 0.29) is 24.4 Å². The van der Waals surface area contributed by atoms with E-state index in [0.717, 1.165) is 5.56 Å². The van der Waals surface area contributed by atoms with Gasteiger partial charge in [-0.3, -0.25) is 4.79 Å². The van der Waals surface area contributed by atoms with E-state index >= 15 is 0 Å². The van der Waals surface area contributed by atoms with Crippen molar-refractivity contribution < 1.29 is 13.9 Å². The number of nitrogens with one attached hydrogen (secondary N) is 1. The minimum atomic E-state index is -0.369. The normalized spacial score (nSPS) is 17.1. The second-order valence-electron chi connectivity index (χ2n) is 5.11. The number of carbonyl (C=O) groups excluding carboxylic acids is 1. The van der Waals surface area contributed by atoms with Crippen LogP contribution in [0.3, 0.4) is 0 Å². The summed E-state index contributed by atoms with van der Waals surface area (Å²) in [6.45, 7) is 0.612. The summed E-state index contributed by atoms with van der Waals surface area (Å²) in [6.07, 6.45) is 0.603. The molecule has 0 spiro atoms. The molecule has 4 heteroatoms. The number of hydrogen-bond acceptors (Lipinski definition) is 3. The molecule has 0 aliphatic carbocycles. The van der Waals surface area contributed by atoms with Crippen LogP contribution in [0.15, 0.2) is 48.5 Å². The Bertz CT molecular complexity index is 657. The fourth-order valence-corrected chi connectivity index (χ4v) is 2.49. The third kappa shape index (κ3) is 3.11. The highest BCUT2D eigenvalue weighted by molar-refractivity contribution is 5.76. The van der Waals surface area contributed by atoms with Crippen LogP contribution in [-0.4, -0.2) is 12.0 Å². The Kier molecular flexibility index (Phi) is 3.97. The zero-order chi connectivity index (χ0) is 14.7. The van der Waals surface area contributed by atoms with E-state index in [0.29, 0.717) is 18.5 Å². The van der Waals surface area contributed by atoms with Gasteiger partial charge in [0.25, 0.3) is 0 Å². The number of esters is 1. The maximum Gasteiger partial charge on any atom is 0.323 e. The van der Waals surface area contributed by atoms with Crippen LogP contribution < -0.4 is 5.32 Å². The monoisotopic (exact) mass is 285 g/mol. The largest absolute Gasteiger partial charge is 0.460 e. The molecular weight excluding hydrogens is 269 g/mol. The number of carbonyl (C=O) groups is 1. The quantitative estimate of drug-likeness (QED) is 0.881. The number of benzene rings is 2. The topological polar surface area (TPSA) is 38.3 Å². The molecule has 0 aromatic heterocycles. The van der Waals surface area contributed by atoms with Crippen molar-refractivity contribution in [3.05, 3.63) is 71.0 Å². The van der Waals surface area contributed by atoms with E-state index < -0.39 is 0 Å². The summed E-state index contributed by atoms with van der Waals surface area (Å²) in [7, 11) is 0. The van der Waals surface area contributed by atoms with Crippen LogP contribution in [-0.2, 0) is 29.1 Å². The maximum atomic E-state index is 13.5. The van der Waals surface area contributed by atoms with Crippen molar-refractivity contribution >= 4 is 5.97 Å². The summed E-state index contributed by atoms with van der Waals surface area (Å²) in [6, 6.07) is 14.0. The van der Waals surface area contributed by atoms with Crippen molar-refractivity contribution in [3.8, 4) is 0 Å². The van der Waals surface area contributed by atoms with Crippen LogP contribution >= 0.6 is 0 Å². The van der Waals surface area contributed by atoms with Crippen LogP contribution in [0.2, 0.25) is 0 Å². The Balaban J connectivity index is 1.61. The Morgan fingerprint density at radius 1 is 1.14 bits per heavy atom. The molecular formula is C17H16FNO2. The number of halogens is 1. The van der Waals surface area contributed by atoms with Gasteiger partial charge in [0.1, 0.15) is 18.5 Å². The second kappa shape index (κ2) is 6.06. The van der Waals surface area contributed by atoms with E-state index in [2.05, 4.69) is 5.32 Å². The lowest BCUT2D eigenvalue weighted by Crippen LogP contribution is -2.42. The Labute approximate surface area is 122 Å². The van der Waals surface area contributed by atoms with Crippen molar-refractivity contribution in [2.24, 2.45) is 0 Å². The standard InChI is InChI=1S/C17H16FNO2/c18-15-8-4-3-7-14(15)11-21-17(20)16-9-12-5-1-2-6-13(12)10-19-16/h1-8,16,19H,9-11H2/t16-/m1/s1. The number of ether oxygens (including phenoxy) is 1. The molecule has 2 aromatic carbocycles. The Morgan fingerprint density at radius 2 is 1.86 bits per heavy atom. The van der Waals surface area contributed by atoms with Crippen LogP contribution in [0, 0.1) is 5.82 Å². The third-order valence-electron chi connectivity index (χ3n) is 3.69. The lowest BCUT2D eigenvalue weighted by Gasteiger charge is -2.24. The van der Waals surface area contributed by atoms with Gasteiger partial charge < -0.3 is 10.1 Å². The van der Waals surface area contributed by atoms with Gasteiger partial charge in [0.15, 0.2) is 0 Å². The molecule has 1 heterocycles. The molecule has 1 atom stereocenters. The first-order valence-electron chi connectivity index (χ1n) is 6.94. The third-order valence-corrected chi connectivity index (χ3v) is 3.69. The van der Waals surface area contributed by atoms with Gasteiger partial charge in [-0.05, 0) is 23.6 Å². The van der Waals surface area contributed by atoms with Crippen molar-refractivity contribution in [1.29, 1.82) is 0 Å². The molecule has 0 saturated heterocycles. The molecule has 0 unspecified atom stereocenters. The summed E-state index contributed by atoms with van der Waals surface area (Å²) in [5.41, 5.74) is 2.75. The lowest BCUT2D eigenvalue weighted by molar-refractivity contribution is -0.147. The smallest absolute Gasteiger partial charge is 0.323 e. The molecule has 3 rings (SSSR count). The number of hydrogen-bond donors (Lipinski definition) is 1. The second-order valence-corrected chi connectivity index (χ2v) is 5.11. The molecule has 1 N–H and O–H groups in total. The highest BCUT2D eigenvalue weighted by Crippen LogP contribution is 2.17. The highest BCUT2D eigenvalue weighted by Gasteiger charge is 2.25. The lowest BCUT2D eigenvalue weighted by atomic mass is 9.96. The van der Waals surface area contributed by atoms with Crippen LogP contribution in [0.25, 0.3) is 0 Å². The predicted molar refractivity (Wildman–Crippen MR) is 77.0 cm³/mol. The van der Waals surface area contributed by atoms with Gasteiger partial charge in [-0.2, -0.15) is 0 Å². The molecule has 0 amide bonds. The molecule has 1 aliphatic heterocycles. The SMILES string of the molecule is O=C(OCc1ccccc1F)[C@H]1Cc2ccccc2CN1. The van der Waals surface area contributed by atoms with Gasteiger partial charge in [-0.1, -0.05) is 42.5 Å². The van der Waals surface area contributed by atoms with Gasteiger partial charge in [0.2, 0.25) is 0 Å². The molecule has 108 valence electrons. The summed E-state index contributed by atoms with van der Waals surface area (Å²) in [5, 5.41) is 3.16. The van der Waals surface area contributed by atoms with Crippen molar-refractivity contribution in [1.82, 2.24) is 5.32 Å². The fraction of sp³-hybridized carbons (Fsp3) is 0.235. The van der Waals surface area contributed by atoms with E-state index in [1.807, 2.05) is 24.3 Å². The molecule has 0 radical (unpaired) electrons. The average molecular weight is 285 g/mol. The number of rotatable bonds is 3. The maximum absolute atomic E-state index is 13.5. The highest BCUT2D eigenvalue weighted by atomic mass is 19.1. The fourth-order valence-electron chi connectivity index (χ4n) is 2.49. The van der Waals surface area contributed by atoms with Gasteiger partial charge >= 0.3 is 5.97 Å². The Hall–Kier alpha value is -2.20. The summed E-state index contributed by atoms with van der Waals surface area (Å²) in [4.78, 5) is 12.1. The Morgan fingerprint density at radius 3 is 2.67 bits per heavy atom. The minimum Gasteiger partial charge on any atom is -0.460 e. The van der Waals surface area contributed by atoms with Gasteiger partial charge in [-0.15, -0.1) is 0 Å². The van der Waals surface area contributed by atoms with Gasteiger partial charge in [-0.25, -0.2) is 4.39 Å². The molecule has 0 saturated carbocycles. The summed E-state index contributed by atoms with van der Waals surface area (Å²) in [5.74, 6) is -0.694. The van der Waals surface area contributed by atoms with Crippen LogP contribution in [0.5, 0.6) is 0 Å². The van der Waals surface area contributed by atoms with Gasteiger partial charge in [0.05, 0.1) is 0 Å².